The van der Waals surface area contributed by atoms with E-state index in [0.717, 1.165) is 23.5 Å². The third kappa shape index (κ3) is 8.12. The summed E-state index contributed by atoms with van der Waals surface area (Å²) in [6.07, 6.45) is 0.739. The summed E-state index contributed by atoms with van der Waals surface area (Å²) in [6.45, 7) is 3.88. The summed E-state index contributed by atoms with van der Waals surface area (Å²) in [6, 6.07) is 17.7. The fourth-order valence-corrected chi connectivity index (χ4v) is 1.43. The quantitative estimate of drug-likeness (QED) is 0.426. The van der Waals surface area contributed by atoms with Gasteiger partial charge in [0.1, 0.15) is 11.5 Å². The fourth-order valence-electron chi connectivity index (χ4n) is 1.43. The second-order valence-electron chi connectivity index (χ2n) is 3.27. The Morgan fingerprint density at radius 3 is 1.84 bits per heavy atom. The molecule has 100 valence electrons. The molecule has 0 fully saturated rings. The van der Waals surface area contributed by atoms with E-state index in [1.165, 1.54) is 0 Å². The molecular formula is C14H13OW4-. The summed E-state index contributed by atoms with van der Waals surface area (Å²) in [5, 5.41) is 0. The van der Waals surface area contributed by atoms with Crippen molar-refractivity contribution in [2.75, 3.05) is 0 Å². The van der Waals surface area contributed by atoms with Gasteiger partial charge >= 0.3 is 0 Å². The van der Waals surface area contributed by atoms with Crippen molar-refractivity contribution in [1.82, 2.24) is 0 Å². The molecule has 0 radical (unpaired) electrons. The maximum Gasteiger partial charge on any atom is 0.127 e. The molecule has 2 rings (SSSR count). The normalized spacial score (nSPS) is 7.84. The van der Waals surface area contributed by atoms with Crippen LogP contribution in [0.5, 0.6) is 11.5 Å². The van der Waals surface area contributed by atoms with Crippen LogP contribution in [0.25, 0.3) is 0 Å². The smallest absolute Gasteiger partial charge is 0.127 e. The van der Waals surface area contributed by atoms with Gasteiger partial charge in [-0.05, 0) is 23.8 Å². The van der Waals surface area contributed by atoms with Crippen molar-refractivity contribution in [3.63, 3.8) is 0 Å². The van der Waals surface area contributed by atoms with E-state index >= 15 is 0 Å². The van der Waals surface area contributed by atoms with Crippen LogP contribution in [-0.2, 0) is 90.7 Å². The molecule has 0 aliphatic rings. The molecular weight excluding hydrogens is 920 g/mol. The molecule has 2 aromatic carbocycles. The van der Waals surface area contributed by atoms with Gasteiger partial charge in [0.25, 0.3) is 0 Å². The number of para-hydroxylation sites is 2. The van der Waals surface area contributed by atoms with E-state index < -0.39 is 0 Å². The van der Waals surface area contributed by atoms with Crippen LogP contribution in [0.15, 0.2) is 54.6 Å². The van der Waals surface area contributed by atoms with Crippen molar-refractivity contribution in [3.8, 4) is 11.5 Å². The van der Waals surface area contributed by atoms with Crippen molar-refractivity contribution in [2.24, 2.45) is 0 Å². The molecule has 0 aliphatic carbocycles. The SMILES string of the molecule is [CH2-]Cc1ccccc1Oc1ccccc1.[W].[W].[W].[W]. The summed E-state index contributed by atoms with van der Waals surface area (Å²) in [5.41, 5.74) is 1.13. The van der Waals surface area contributed by atoms with E-state index in [-0.39, 0.29) is 84.3 Å². The van der Waals surface area contributed by atoms with Gasteiger partial charge in [0.15, 0.2) is 0 Å². The van der Waals surface area contributed by atoms with Crippen molar-refractivity contribution < 1.29 is 89.0 Å². The van der Waals surface area contributed by atoms with Crippen LogP contribution < -0.4 is 4.74 Å². The molecule has 0 spiro atoms. The molecule has 0 N–H and O–H groups in total. The van der Waals surface area contributed by atoms with E-state index in [9.17, 15) is 0 Å². The number of hydrogen-bond donors (Lipinski definition) is 0. The van der Waals surface area contributed by atoms with E-state index in [0.29, 0.717) is 0 Å². The summed E-state index contributed by atoms with van der Waals surface area (Å²) in [4.78, 5) is 0. The zero-order valence-electron chi connectivity index (χ0n) is 10.2. The number of rotatable bonds is 3. The van der Waals surface area contributed by atoms with Crippen LogP contribution in [0.3, 0.4) is 0 Å². The second kappa shape index (κ2) is 14.0. The van der Waals surface area contributed by atoms with E-state index in [1.807, 2.05) is 54.6 Å². The van der Waals surface area contributed by atoms with Gasteiger partial charge in [-0.25, -0.2) is 0 Å². The fraction of sp³-hybridized carbons (Fsp3) is 0.0714. The molecule has 0 aromatic heterocycles. The summed E-state index contributed by atoms with van der Waals surface area (Å²) >= 11 is 0. The Kier molecular flexibility index (Phi) is 18.3. The molecule has 0 bridgehead atoms. The molecule has 0 aliphatic heterocycles. The molecule has 0 saturated heterocycles. The third-order valence-corrected chi connectivity index (χ3v) is 2.21. The molecule has 0 saturated carbocycles. The molecule has 0 amide bonds. The minimum absolute atomic E-state index is 0. The first kappa shape index (κ1) is 25.0. The number of hydrogen-bond acceptors (Lipinski definition) is 1. The molecule has 19 heavy (non-hydrogen) atoms. The maximum absolute atomic E-state index is 5.76. The third-order valence-electron chi connectivity index (χ3n) is 2.21. The van der Waals surface area contributed by atoms with Gasteiger partial charge in [0, 0.05) is 84.3 Å². The van der Waals surface area contributed by atoms with Crippen molar-refractivity contribution in [3.05, 3.63) is 67.1 Å². The predicted molar refractivity (Wildman–Crippen MR) is 62.0 cm³/mol. The van der Waals surface area contributed by atoms with E-state index in [4.69, 9.17) is 4.74 Å². The maximum atomic E-state index is 5.76. The van der Waals surface area contributed by atoms with Gasteiger partial charge in [0.2, 0.25) is 0 Å². The van der Waals surface area contributed by atoms with Crippen molar-refractivity contribution in [1.29, 1.82) is 0 Å². The Bertz CT molecular complexity index is 434. The van der Waals surface area contributed by atoms with Gasteiger partial charge in [-0.1, -0.05) is 36.4 Å². The molecule has 0 atom stereocenters. The monoisotopic (exact) mass is 933 g/mol. The van der Waals surface area contributed by atoms with Crippen LogP contribution in [0.2, 0.25) is 0 Å². The average Bonchev–Trinajstić information content (AvgIpc) is 2.31. The molecule has 1 nitrogen and oxygen atoms in total. The van der Waals surface area contributed by atoms with Gasteiger partial charge in [-0.15, -0.1) is 0 Å². The Balaban J connectivity index is -0.000000640. The summed E-state index contributed by atoms with van der Waals surface area (Å²) in [7, 11) is 0. The predicted octanol–water partition coefficient (Wildman–Crippen LogP) is 3.85. The molecule has 0 heterocycles. The molecule has 2 aromatic rings. The minimum atomic E-state index is 0. The van der Waals surface area contributed by atoms with Crippen molar-refractivity contribution >= 4 is 0 Å². The van der Waals surface area contributed by atoms with Crippen LogP contribution in [0, 0.1) is 6.92 Å². The Morgan fingerprint density at radius 1 is 0.737 bits per heavy atom. The van der Waals surface area contributed by atoms with Gasteiger partial charge in [-0.2, -0.15) is 6.42 Å². The first-order valence-electron chi connectivity index (χ1n) is 5.00. The van der Waals surface area contributed by atoms with Gasteiger partial charge in [-0.3, -0.25) is 0 Å². The first-order chi connectivity index (χ1) is 7.40. The zero-order valence-corrected chi connectivity index (χ0v) is 21.9. The molecule has 0 unspecified atom stereocenters. The van der Waals surface area contributed by atoms with Crippen LogP contribution in [-0.4, -0.2) is 0 Å². The first-order valence-corrected chi connectivity index (χ1v) is 5.00. The Morgan fingerprint density at radius 2 is 1.26 bits per heavy atom. The van der Waals surface area contributed by atoms with Crippen molar-refractivity contribution in [2.45, 2.75) is 6.42 Å². The van der Waals surface area contributed by atoms with Gasteiger partial charge < -0.3 is 11.7 Å². The van der Waals surface area contributed by atoms with Gasteiger partial charge in [0.05, 0.1) is 0 Å². The Labute approximate surface area is 172 Å². The summed E-state index contributed by atoms with van der Waals surface area (Å²) < 4.78 is 5.76. The zero-order chi connectivity index (χ0) is 10.5. The standard InChI is InChI=1S/C14H13O.4W/c1-2-12-8-6-7-11-14(12)15-13-9-4-3-5-10-13;;;;/h3-11H,1-2H2;;;;/q-1;;;;. The average molecular weight is 933 g/mol. The minimum Gasteiger partial charge on any atom is -0.457 e. The number of benzene rings is 2. The largest absolute Gasteiger partial charge is 0.457 e. The van der Waals surface area contributed by atoms with Crippen LogP contribution in [0.4, 0.5) is 0 Å². The van der Waals surface area contributed by atoms with Crippen LogP contribution in [0.1, 0.15) is 5.56 Å². The Hall–Kier alpha value is 0.993. The second-order valence-corrected chi connectivity index (χ2v) is 3.27. The molecule has 5 heteroatoms. The number of ether oxygens (including phenoxy) is 1. The summed E-state index contributed by atoms with van der Waals surface area (Å²) in [5.74, 6) is 1.75. The van der Waals surface area contributed by atoms with Crippen LogP contribution >= 0.6 is 0 Å². The van der Waals surface area contributed by atoms with E-state index in [1.54, 1.807) is 0 Å². The topological polar surface area (TPSA) is 9.23 Å². The van der Waals surface area contributed by atoms with E-state index in [2.05, 4.69) is 6.92 Å².